The summed E-state index contributed by atoms with van der Waals surface area (Å²) in [5, 5.41) is 0.702. The molecule has 7 nitrogen and oxygen atoms in total. The van der Waals surface area contributed by atoms with E-state index in [4.69, 9.17) is 21.3 Å². The lowest BCUT2D eigenvalue weighted by Gasteiger charge is -2.40. The lowest BCUT2D eigenvalue weighted by atomic mass is 9.99. The largest absolute Gasteiger partial charge is 0.449 e. The molecular formula is C25H30ClN5O2. The Balaban J connectivity index is 1.37. The quantitative estimate of drug-likeness (QED) is 0.547. The molecule has 2 unspecified atom stereocenters. The first-order valence-electron chi connectivity index (χ1n) is 11.5. The van der Waals surface area contributed by atoms with Crippen molar-refractivity contribution in [1.82, 2.24) is 24.2 Å². The van der Waals surface area contributed by atoms with Crippen molar-refractivity contribution in [2.75, 3.05) is 19.7 Å². The summed E-state index contributed by atoms with van der Waals surface area (Å²) in [6, 6.07) is 10.1. The molecule has 2 aromatic heterocycles. The highest BCUT2D eigenvalue weighted by atomic mass is 35.5. The maximum Gasteiger partial charge on any atom is 0.410 e. The first-order chi connectivity index (χ1) is 15.8. The zero-order valence-electron chi connectivity index (χ0n) is 19.4. The van der Waals surface area contributed by atoms with Crippen molar-refractivity contribution >= 4 is 23.5 Å². The molecule has 0 radical (unpaired) electrons. The zero-order valence-corrected chi connectivity index (χ0v) is 20.1. The van der Waals surface area contributed by atoms with Gasteiger partial charge in [0.15, 0.2) is 0 Å². The summed E-state index contributed by atoms with van der Waals surface area (Å²) in [4.78, 5) is 26.5. The first kappa shape index (κ1) is 22.2. The van der Waals surface area contributed by atoms with Gasteiger partial charge in [-0.1, -0.05) is 44.5 Å². The molecule has 174 valence electrons. The standard InChI is InChI=1S/C25H30ClN5O2/c1-25(2,3)16-33-24(32)31-19-9-10-20(31)14-29(13-19)15-21-22(17-5-7-18(26)8-6-17)28-23-27-11-4-12-30(21)23/h4-8,11-12,19-20H,9-10,13-16H2,1-3H3. The lowest BCUT2D eigenvalue weighted by molar-refractivity contribution is 0.0253. The second-order valence-electron chi connectivity index (χ2n) is 10.3. The molecule has 0 N–H and O–H groups in total. The van der Waals surface area contributed by atoms with E-state index in [1.807, 2.05) is 41.4 Å². The fraction of sp³-hybridized carbons (Fsp3) is 0.480. The van der Waals surface area contributed by atoms with Crippen LogP contribution in [0.15, 0.2) is 42.7 Å². The molecule has 2 saturated heterocycles. The zero-order chi connectivity index (χ0) is 23.2. The molecule has 2 atom stereocenters. The molecule has 2 aliphatic heterocycles. The predicted octanol–water partition coefficient (Wildman–Crippen LogP) is 4.88. The van der Waals surface area contributed by atoms with Crippen molar-refractivity contribution in [3.05, 3.63) is 53.4 Å². The number of aromatic nitrogens is 3. The Morgan fingerprint density at radius 2 is 1.85 bits per heavy atom. The highest BCUT2D eigenvalue weighted by Crippen LogP contribution is 2.33. The number of hydrogen-bond acceptors (Lipinski definition) is 5. The molecule has 5 rings (SSSR count). The van der Waals surface area contributed by atoms with Gasteiger partial charge in [-0.25, -0.2) is 14.8 Å². The Kier molecular flexibility index (Phi) is 5.79. The van der Waals surface area contributed by atoms with Crippen LogP contribution >= 0.6 is 11.6 Å². The minimum Gasteiger partial charge on any atom is -0.449 e. The molecule has 2 fully saturated rings. The van der Waals surface area contributed by atoms with Crippen LogP contribution in [0.2, 0.25) is 5.02 Å². The van der Waals surface area contributed by atoms with Crippen molar-refractivity contribution in [3.8, 4) is 11.3 Å². The molecule has 0 spiro atoms. The van der Waals surface area contributed by atoms with E-state index < -0.39 is 0 Å². The summed E-state index contributed by atoms with van der Waals surface area (Å²) in [5.41, 5.74) is 3.01. The maximum absolute atomic E-state index is 12.8. The van der Waals surface area contributed by atoms with E-state index in [1.165, 1.54) is 0 Å². The molecule has 8 heteroatoms. The van der Waals surface area contributed by atoms with Crippen LogP contribution in [0.4, 0.5) is 4.79 Å². The smallest absolute Gasteiger partial charge is 0.410 e. The van der Waals surface area contributed by atoms with Gasteiger partial charge in [0.25, 0.3) is 0 Å². The van der Waals surface area contributed by atoms with Gasteiger partial charge in [-0.2, -0.15) is 0 Å². The third-order valence-electron chi connectivity index (χ3n) is 6.39. The van der Waals surface area contributed by atoms with Gasteiger partial charge in [0.2, 0.25) is 5.78 Å². The van der Waals surface area contributed by atoms with E-state index in [2.05, 4.69) is 35.1 Å². The van der Waals surface area contributed by atoms with Crippen LogP contribution in [-0.2, 0) is 11.3 Å². The molecular weight excluding hydrogens is 438 g/mol. The van der Waals surface area contributed by atoms with Crippen molar-refractivity contribution in [1.29, 1.82) is 0 Å². The van der Waals surface area contributed by atoms with Crippen LogP contribution in [0.1, 0.15) is 39.3 Å². The number of carbonyl (C=O) groups excluding carboxylic acids is 1. The minimum absolute atomic E-state index is 0.0360. The van der Waals surface area contributed by atoms with E-state index in [9.17, 15) is 4.79 Å². The number of nitrogens with zero attached hydrogens (tertiary/aromatic N) is 5. The number of halogens is 1. The Hall–Kier alpha value is -2.64. The van der Waals surface area contributed by atoms with Crippen LogP contribution in [0.25, 0.3) is 17.0 Å². The minimum atomic E-state index is -0.169. The summed E-state index contributed by atoms with van der Waals surface area (Å²) in [7, 11) is 0. The van der Waals surface area contributed by atoms with Gasteiger partial charge in [0.1, 0.15) is 0 Å². The number of likely N-dealkylation sites (tertiary alicyclic amines) is 1. The van der Waals surface area contributed by atoms with Gasteiger partial charge in [-0.15, -0.1) is 0 Å². The average Bonchev–Trinajstić information content (AvgIpc) is 3.27. The molecule has 4 heterocycles. The first-order valence-corrected chi connectivity index (χ1v) is 11.9. The average molecular weight is 468 g/mol. The summed E-state index contributed by atoms with van der Waals surface area (Å²) >= 11 is 6.11. The number of hydrogen-bond donors (Lipinski definition) is 0. The van der Waals surface area contributed by atoms with Gasteiger partial charge >= 0.3 is 6.09 Å². The van der Waals surface area contributed by atoms with Gasteiger partial charge in [-0.05, 0) is 36.5 Å². The fourth-order valence-electron chi connectivity index (χ4n) is 4.91. The van der Waals surface area contributed by atoms with Crippen molar-refractivity contribution < 1.29 is 9.53 Å². The van der Waals surface area contributed by atoms with Gasteiger partial charge in [-0.3, -0.25) is 14.2 Å². The summed E-state index contributed by atoms with van der Waals surface area (Å²) in [6.45, 7) is 9.07. The second-order valence-corrected chi connectivity index (χ2v) is 10.7. The number of fused-ring (bicyclic) bond motifs is 3. The van der Waals surface area contributed by atoms with Crippen molar-refractivity contribution in [2.45, 2.75) is 52.2 Å². The third kappa shape index (κ3) is 4.57. The molecule has 33 heavy (non-hydrogen) atoms. The van der Waals surface area contributed by atoms with Gasteiger partial charge < -0.3 is 4.74 Å². The highest BCUT2D eigenvalue weighted by molar-refractivity contribution is 6.30. The topological polar surface area (TPSA) is 63.0 Å². The number of rotatable bonds is 4. The SMILES string of the molecule is CC(C)(C)COC(=O)N1C2CCC1CN(Cc1c(-c3ccc(Cl)cc3)nc3ncccn13)C2. The predicted molar refractivity (Wildman–Crippen MR) is 128 cm³/mol. The number of piperazine rings is 1. The van der Waals surface area contributed by atoms with Crippen LogP contribution in [-0.4, -0.2) is 62.0 Å². The van der Waals surface area contributed by atoms with Gasteiger partial charge in [0, 0.05) is 54.7 Å². The van der Waals surface area contributed by atoms with Gasteiger partial charge in [0.05, 0.1) is 18.0 Å². The van der Waals surface area contributed by atoms with Crippen molar-refractivity contribution in [3.63, 3.8) is 0 Å². The molecule has 0 aliphatic carbocycles. The van der Waals surface area contributed by atoms with Crippen molar-refractivity contribution in [2.24, 2.45) is 5.41 Å². The maximum atomic E-state index is 12.8. The van der Waals surface area contributed by atoms with E-state index in [0.29, 0.717) is 17.4 Å². The Morgan fingerprint density at radius 3 is 2.52 bits per heavy atom. The van der Waals surface area contributed by atoms with E-state index in [-0.39, 0.29) is 23.6 Å². The second kappa shape index (κ2) is 8.61. The normalized spacial score (nSPS) is 21.0. The number of benzene rings is 1. The molecule has 2 bridgehead atoms. The third-order valence-corrected chi connectivity index (χ3v) is 6.64. The summed E-state index contributed by atoms with van der Waals surface area (Å²) in [5.74, 6) is 0.685. The Labute approximate surface area is 199 Å². The van der Waals surface area contributed by atoms with E-state index in [0.717, 1.165) is 49.4 Å². The number of imidazole rings is 1. The van der Waals surface area contributed by atoms with Crippen LogP contribution < -0.4 is 0 Å². The van der Waals surface area contributed by atoms with E-state index in [1.54, 1.807) is 6.20 Å². The van der Waals surface area contributed by atoms with E-state index >= 15 is 0 Å². The number of ether oxygens (including phenoxy) is 1. The molecule has 1 amide bonds. The molecule has 3 aromatic rings. The van der Waals surface area contributed by atoms with Crippen LogP contribution in [0, 0.1) is 5.41 Å². The molecule has 2 aliphatic rings. The van der Waals surface area contributed by atoms with Crippen LogP contribution in [0.5, 0.6) is 0 Å². The number of carbonyl (C=O) groups is 1. The fourth-order valence-corrected chi connectivity index (χ4v) is 5.03. The summed E-state index contributed by atoms with van der Waals surface area (Å²) in [6.07, 6.45) is 5.64. The number of amides is 1. The highest BCUT2D eigenvalue weighted by Gasteiger charge is 2.43. The molecule has 0 saturated carbocycles. The summed E-state index contributed by atoms with van der Waals surface area (Å²) < 4.78 is 7.71. The van der Waals surface area contributed by atoms with Crippen LogP contribution in [0.3, 0.4) is 0 Å². The Morgan fingerprint density at radius 1 is 1.15 bits per heavy atom. The monoisotopic (exact) mass is 467 g/mol. The Bertz CT molecular complexity index is 1140. The molecule has 1 aromatic carbocycles. The lowest BCUT2D eigenvalue weighted by Crippen LogP contribution is -2.55.